The number of ether oxygens (including phenoxy) is 2. The van der Waals surface area contributed by atoms with Crippen molar-refractivity contribution in [2.24, 2.45) is 0 Å². The molecule has 11 aromatic rings. The van der Waals surface area contributed by atoms with Crippen LogP contribution >= 0.6 is 0 Å². The van der Waals surface area contributed by atoms with Crippen LogP contribution in [-0.4, -0.2) is 18.0 Å². The largest absolute Gasteiger partial charge is 0.458 e. The molecule has 0 radical (unpaired) electrons. The van der Waals surface area contributed by atoms with Crippen molar-refractivity contribution >= 4 is 29.0 Å². The SMILES string of the molecule is [2H]C([2H])([2H])c1ccc2c(c1-c1ccc(-c3c(-c4ccccc4)c(-c4ccccc4)c(-c4ccccc4)c(-c4ccccc4)c3-c3ccccc3)cc1)Oc1nccnc1[Si]21c2ccccc2Oc2ccccc21. The number of benzene rings is 10. The van der Waals surface area contributed by atoms with Crippen LogP contribution in [0.1, 0.15) is 9.68 Å². The summed E-state index contributed by atoms with van der Waals surface area (Å²) >= 11 is 0. The van der Waals surface area contributed by atoms with E-state index in [4.69, 9.17) is 23.6 Å². The minimum atomic E-state index is -3.37. The van der Waals surface area contributed by atoms with Gasteiger partial charge in [-0.2, -0.15) is 0 Å². The van der Waals surface area contributed by atoms with Gasteiger partial charge in [-0.25, -0.2) is 4.98 Å². The molecular weight excluding hydrogens is 869 g/mol. The van der Waals surface area contributed by atoms with E-state index in [0.717, 1.165) is 99.1 Å². The average Bonchev–Trinajstić information content (AvgIpc) is 3.45. The van der Waals surface area contributed by atoms with E-state index < -0.39 is 14.9 Å². The van der Waals surface area contributed by atoms with E-state index in [1.54, 1.807) is 18.5 Å². The van der Waals surface area contributed by atoms with Gasteiger partial charge in [0.05, 0.1) is 0 Å². The van der Waals surface area contributed by atoms with Crippen molar-refractivity contribution in [3.63, 3.8) is 0 Å². The summed E-state index contributed by atoms with van der Waals surface area (Å²) in [6.45, 7) is -2.50. The van der Waals surface area contributed by atoms with Crippen LogP contribution < -0.4 is 30.4 Å². The lowest BCUT2D eigenvalue weighted by atomic mass is 9.74. The summed E-state index contributed by atoms with van der Waals surface area (Å²) in [5.74, 6) is 2.28. The standard InChI is InChI=1S/C65H44N2O2Si/c1-43-35-40-55-63(69-64-65(67-42-41-66-64)70(55)53-33-19-17-31-51(53)68-52-32-18-20-34-54(52)70)56(43)49-36-38-50(39-37-49)62-60(47-27-13-5-14-28-47)58(45-23-9-3-10-24-45)57(44-21-7-2-8-22-44)59(46-25-11-4-12-26-46)61(62)48-29-15-6-16-30-48/h2-42H,1H3/i1D3. The Bertz CT molecular complexity index is 3710. The molecular formula is C65H44N2O2Si. The molecule has 0 fully saturated rings. The zero-order valence-corrected chi connectivity index (χ0v) is 38.9. The molecule has 10 aromatic carbocycles. The molecule has 70 heavy (non-hydrogen) atoms. The third-order valence-electron chi connectivity index (χ3n) is 13.9. The Hall–Kier alpha value is -8.90. The van der Waals surface area contributed by atoms with Crippen molar-refractivity contribution in [3.05, 3.63) is 255 Å². The minimum Gasteiger partial charge on any atom is -0.458 e. The fraction of sp³-hybridized carbons (Fsp3) is 0.0154. The smallest absolute Gasteiger partial charge is 0.237 e. The molecule has 5 heteroatoms. The molecule has 0 saturated carbocycles. The fourth-order valence-electron chi connectivity index (χ4n) is 11.0. The van der Waals surface area contributed by atoms with Crippen LogP contribution in [-0.2, 0) is 0 Å². The second-order valence-corrected chi connectivity index (χ2v) is 21.3. The van der Waals surface area contributed by atoms with Crippen LogP contribution in [0.25, 0.3) is 77.9 Å². The van der Waals surface area contributed by atoms with Crippen LogP contribution in [0, 0.1) is 6.85 Å². The summed E-state index contributed by atoms with van der Waals surface area (Å²) in [5.41, 5.74) is 14.3. The second kappa shape index (κ2) is 17.0. The molecule has 0 bridgehead atoms. The molecule has 0 aliphatic carbocycles. The molecule has 1 aromatic heterocycles. The lowest BCUT2D eigenvalue weighted by Crippen LogP contribution is -2.78. The number of para-hydroxylation sites is 2. The van der Waals surface area contributed by atoms with Gasteiger partial charge in [-0.05, 0) is 107 Å². The molecule has 0 atom stereocenters. The number of rotatable bonds is 7. The Kier molecular flexibility index (Phi) is 9.26. The monoisotopic (exact) mass is 915 g/mol. The first kappa shape index (κ1) is 38.1. The third-order valence-corrected chi connectivity index (χ3v) is 18.6. The van der Waals surface area contributed by atoms with Crippen molar-refractivity contribution < 1.29 is 13.6 Å². The van der Waals surface area contributed by atoms with E-state index in [9.17, 15) is 0 Å². The van der Waals surface area contributed by atoms with Gasteiger partial charge < -0.3 is 9.47 Å². The van der Waals surface area contributed by atoms with Gasteiger partial charge in [0.25, 0.3) is 0 Å². The molecule has 330 valence electrons. The topological polar surface area (TPSA) is 44.2 Å². The van der Waals surface area contributed by atoms with Crippen molar-refractivity contribution in [2.45, 2.75) is 6.85 Å². The lowest BCUT2D eigenvalue weighted by Gasteiger charge is -2.42. The molecule has 3 heterocycles. The number of aromatic nitrogens is 2. The summed E-state index contributed by atoms with van der Waals surface area (Å²) in [5, 5.41) is 3.60. The zero-order chi connectivity index (χ0) is 49.1. The maximum atomic E-state index is 9.06. The first-order valence-electron chi connectivity index (χ1n) is 25.1. The van der Waals surface area contributed by atoms with E-state index in [1.807, 2.05) is 42.5 Å². The number of nitrogens with zero attached hydrogens (tertiary/aromatic N) is 2. The Balaban J connectivity index is 1.13. The normalized spacial score (nSPS) is 13.5. The maximum absolute atomic E-state index is 9.06. The summed E-state index contributed by atoms with van der Waals surface area (Å²) < 4.78 is 40.8. The maximum Gasteiger partial charge on any atom is 0.237 e. The van der Waals surface area contributed by atoms with E-state index in [2.05, 4.69) is 188 Å². The van der Waals surface area contributed by atoms with E-state index in [0.29, 0.717) is 22.8 Å². The van der Waals surface area contributed by atoms with Crippen LogP contribution in [0.15, 0.2) is 249 Å². The van der Waals surface area contributed by atoms with Gasteiger partial charge in [0.1, 0.15) is 22.6 Å². The highest BCUT2D eigenvalue weighted by Crippen LogP contribution is 2.56. The van der Waals surface area contributed by atoms with Gasteiger partial charge in [0.2, 0.25) is 14.0 Å². The number of hydrogen-bond donors (Lipinski definition) is 0. The number of fused-ring (bicyclic) bond motifs is 8. The van der Waals surface area contributed by atoms with Crippen LogP contribution in [0.3, 0.4) is 0 Å². The van der Waals surface area contributed by atoms with E-state index >= 15 is 0 Å². The molecule has 2 aliphatic heterocycles. The van der Waals surface area contributed by atoms with Crippen molar-refractivity contribution in [1.82, 2.24) is 9.97 Å². The van der Waals surface area contributed by atoms with Crippen molar-refractivity contribution in [2.75, 3.05) is 0 Å². The predicted octanol–water partition coefficient (Wildman–Crippen LogP) is 14.0. The lowest BCUT2D eigenvalue weighted by molar-refractivity contribution is 0.465. The molecule has 0 amide bonds. The Morgan fingerprint density at radius 2 is 0.686 bits per heavy atom. The first-order valence-corrected chi connectivity index (χ1v) is 25.6. The quantitative estimate of drug-likeness (QED) is 0.149. The zero-order valence-electron chi connectivity index (χ0n) is 40.9. The Labute approximate surface area is 413 Å². The van der Waals surface area contributed by atoms with Gasteiger partial charge in [-0.3, -0.25) is 4.98 Å². The van der Waals surface area contributed by atoms with E-state index in [1.165, 1.54) is 0 Å². The highest BCUT2D eigenvalue weighted by atomic mass is 28.3. The van der Waals surface area contributed by atoms with Crippen LogP contribution in [0.5, 0.6) is 23.1 Å². The van der Waals surface area contributed by atoms with E-state index in [-0.39, 0.29) is 5.56 Å². The Morgan fingerprint density at radius 3 is 1.10 bits per heavy atom. The average molecular weight is 916 g/mol. The van der Waals surface area contributed by atoms with Gasteiger partial charge in [-0.15, -0.1) is 0 Å². The van der Waals surface area contributed by atoms with Crippen molar-refractivity contribution in [3.8, 4) is 101 Å². The van der Waals surface area contributed by atoms with Gasteiger partial charge in [0.15, 0.2) is 0 Å². The Morgan fingerprint density at radius 1 is 0.329 bits per heavy atom. The molecule has 4 nitrogen and oxygen atoms in total. The third kappa shape index (κ3) is 6.51. The highest BCUT2D eigenvalue weighted by molar-refractivity contribution is 7.21. The second-order valence-electron chi connectivity index (χ2n) is 17.7. The molecule has 1 spiro atoms. The summed E-state index contributed by atoms with van der Waals surface area (Å²) in [4.78, 5) is 9.90. The molecule has 0 saturated heterocycles. The highest BCUT2D eigenvalue weighted by Gasteiger charge is 2.55. The van der Waals surface area contributed by atoms with Gasteiger partial charge in [0, 0.05) is 27.3 Å². The number of hydrogen-bond acceptors (Lipinski definition) is 4. The summed E-state index contributed by atoms with van der Waals surface area (Å²) in [6, 6.07) is 81.9. The predicted molar refractivity (Wildman–Crippen MR) is 289 cm³/mol. The molecule has 13 rings (SSSR count). The number of aryl methyl sites for hydroxylation is 1. The molecule has 0 unspecified atom stereocenters. The van der Waals surface area contributed by atoms with Gasteiger partial charge >= 0.3 is 0 Å². The minimum absolute atomic E-state index is 0.184. The van der Waals surface area contributed by atoms with Crippen molar-refractivity contribution in [1.29, 1.82) is 0 Å². The van der Waals surface area contributed by atoms with Gasteiger partial charge in [-0.1, -0.05) is 224 Å². The van der Waals surface area contributed by atoms with Crippen LogP contribution in [0.4, 0.5) is 0 Å². The fourth-order valence-corrected chi connectivity index (χ4v) is 15.9. The molecule has 2 aliphatic rings. The first-order chi connectivity index (χ1) is 35.9. The summed E-state index contributed by atoms with van der Waals surface area (Å²) in [6.07, 6.45) is 3.35. The summed E-state index contributed by atoms with van der Waals surface area (Å²) in [7, 11) is -3.37. The van der Waals surface area contributed by atoms with Crippen LogP contribution in [0.2, 0.25) is 0 Å². The molecule has 0 N–H and O–H groups in total.